The van der Waals surface area contributed by atoms with E-state index >= 15 is 0 Å². The highest BCUT2D eigenvalue weighted by Gasteiger charge is 2.29. The summed E-state index contributed by atoms with van der Waals surface area (Å²) < 4.78 is 5.41. The summed E-state index contributed by atoms with van der Waals surface area (Å²) in [6.45, 7) is 9.48. The zero-order valence-electron chi connectivity index (χ0n) is 14.5. The first kappa shape index (κ1) is 17.2. The molecular formula is C18H28N4O2. The standard InChI is InChI=1S/C18H28N4O2/c1-2-24-17-5-3-15(4-6-17)20-18(23)14-21-10-7-16(13-21)22-11-8-19-9-12-22/h3-6,16,19H,2,7-14H2,1H3,(H,20,23). The molecule has 2 fully saturated rings. The molecule has 1 atom stereocenters. The van der Waals surface area contributed by atoms with E-state index in [0.29, 0.717) is 19.2 Å². The van der Waals surface area contributed by atoms with Crippen molar-refractivity contribution in [1.82, 2.24) is 15.1 Å². The zero-order chi connectivity index (χ0) is 16.8. The van der Waals surface area contributed by atoms with Gasteiger partial charge in [0.25, 0.3) is 0 Å². The Bertz CT molecular complexity index is 528. The van der Waals surface area contributed by atoms with Crippen LogP contribution in [-0.2, 0) is 4.79 Å². The zero-order valence-corrected chi connectivity index (χ0v) is 14.5. The molecule has 0 aliphatic carbocycles. The topological polar surface area (TPSA) is 56.8 Å². The fourth-order valence-corrected chi connectivity index (χ4v) is 3.51. The Morgan fingerprint density at radius 3 is 2.71 bits per heavy atom. The quantitative estimate of drug-likeness (QED) is 0.814. The lowest BCUT2D eigenvalue weighted by Crippen LogP contribution is -2.49. The van der Waals surface area contributed by atoms with Gasteiger partial charge in [-0.25, -0.2) is 0 Å². The van der Waals surface area contributed by atoms with Crippen molar-refractivity contribution < 1.29 is 9.53 Å². The number of rotatable bonds is 6. The van der Waals surface area contributed by atoms with Crippen LogP contribution in [-0.4, -0.2) is 74.2 Å². The maximum Gasteiger partial charge on any atom is 0.238 e. The summed E-state index contributed by atoms with van der Waals surface area (Å²) in [6.07, 6.45) is 1.16. The van der Waals surface area contributed by atoms with E-state index < -0.39 is 0 Å². The predicted molar refractivity (Wildman–Crippen MR) is 95.5 cm³/mol. The van der Waals surface area contributed by atoms with Crippen molar-refractivity contribution in [3.63, 3.8) is 0 Å². The molecule has 1 aromatic rings. The van der Waals surface area contributed by atoms with Gasteiger partial charge in [-0.15, -0.1) is 0 Å². The van der Waals surface area contributed by atoms with E-state index in [1.807, 2.05) is 31.2 Å². The number of hydrogen-bond donors (Lipinski definition) is 2. The van der Waals surface area contributed by atoms with Crippen LogP contribution in [0.3, 0.4) is 0 Å². The van der Waals surface area contributed by atoms with Gasteiger partial charge < -0.3 is 15.4 Å². The first-order valence-electron chi connectivity index (χ1n) is 8.94. The van der Waals surface area contributed by atoms with Crippen LogP contribution in [0.4, 0.5) is 5.69 Å². The maximum atomic E-state index is 12.3. The number of ether oxygens (including phenoxy) is 1. The summed E-state index contributed by atoms with van der Waals surface area (Å²) in [5, 5.41) is 6.37. The minimum Gasteiger partial charge on any atom is -0.494 e. The highest BCUT2D eigenvalue weighted by atomic mass is 16.5. The van der Waals surface area contributed by atoms with Gasteiger partial charge in [-0.3, -0.25) is 14.6 Å². The molecule has 0 radical (unpaired) electrons. The molecule has 3 rings (SSSR count). The monoisotopic (exact) mass is 332 g/mol. The Morgan fingerprint density at radius 2 is 2.00 bits per heavy atom. The van der Waals surface area contributed by atoms with Crippen LogP contribution >= 0.6 is 0 Å². The third-order valence-corrected chi connectivity index (χ3v) is 4.73. The molecule has 0 aromatic heterocycles. The van der Waals surface area contributed by atoms with Crippen molar-refractivity contribution in [3.8, 4) is 5.75 Å². The van der Waals surface area contributed by atoms with Crippen molar-refractivity contribution in [3.05, 3.63) is 24.3 Å². The van der Waals surface area contributed by atoms with Crippen LogP contribution in [0.5, 0.6) is 5.75 Å². The Kier molecular flexibility index (Phi) is 6.07. The van der Waals surface area contributed by atoms with Crippen molar-refractivity contribution in [2.45, 2.75) is 19.4 Å². The second-order valence-electron chi connectivity index (χ2n) is 6.47. The molecule has 132 valence electrons. The predicted octanol–water partition coefficient (Wildman–Crippen LogP) is 1.00. The number of hydrogen-bond acceptors (Lipinski definition) is 5. The summed E-state index contributed by atoms with van der Waals surface area (Å²) in [4.78, 5) is 17.1. The molecule has 6 heteroatoms. The number of amides is 1. The van der Waals surface area contributed by atoms with Gasteiger partial charge in [0, 0.05) is 51.0 Å². The average Bonchev–Trinajstić information content (AvgIpc) is 3.06. The van der Waals surface area contributed by atoms with Crippen LogP contribution in [0.15, 0.2) is 24.3 Å². The first-order chi connectivity index (χ1) is 11.7. The summed E-state index contributed by atoms with van der Waals surface area (Å²) in [5.41, 5.74) is 0.821. The molecule has 1 aromatic carbocycles. The lowest BCUT2D eigenvalue weighted by atomic mass is 10.2. The first-order valence-corrected chi connectivity index (χ1v) is 8.94. The summed E-state index contributed by atoms with van der Waals surface area (Å²) in [7, 11) is 0. The third kappa shape index (κ3) is 4.69. The fourth-order valence-electron chi connectivity index (χ4n) is 3.51. The van der Waals surface area contributed by atoms with Crippen LogP contribution < -0.4 is 15.4 Å². The second kappa shape index (κ2) is 8.46. The van der Waals surface area contributed by atoms with Crippen molar-refractivity contribution >= 4 is 11.6 Å². The molecule has 2 N–H and O–H groups in total. The van der Waals surface area contributed by atoms with E-state index in [0.717, 1.165) is 57.1 Å². The molecule has 2 heterocycles. The second-order valence-corrected chi connectivity index (χ2v) is 6.47. The minimum absolute atomic E-state index is 0.0557. The van der Waals surface area contributed by atoms with E-state index in [1.54, 1.807) is 0 Å². The van der Waals surface area contributed by atoms with Gasteiger partial charge >= 0.3 is 0 Å². The molecule has 0 saturated carbocycles. The number of nitrogens with one attached hydrogen (secondary N) is 2. The fraction of sp³-hybridized carbons (Fsp3) is 0.611. The lowest BCUT2D eigenvalue weighted by Gasteiger charge is -2.32. The highest BCUT2D eigenvalue weighted by molar-refractivity contribution is 5.92. The van der Waals surface area contributed by atoms with Crippen LogP contribution in [0, 0.1) is 0 Å². The number of anilines is 1. The smallest absolute Gasteiger partial charge is 0.238 e. The van der Waals surface area contributed by atoms with Gasteiger partial charge in [0.15, 0.2) is 0 Å². The number of piperazine rings is 1. The molecule has 24 heavy (non-hydrogen) atoms. The number of nitrogens with zero attached hydrogens (tertiary/aromatic N) is 2. The molecular weight excluding hydrogens is 304 g/mol. The van der Waals surface area contributed by atoms with Gasteiger partial charge in [0.2, 0.25) is 5.91 Å². The van der Waals surface area contributed by atoms with E-state index in [2.05, 4.69) is 20.4 Å². The largest absolute Gasteiger partial charge is 0.494 e. The SMILES string of the molecule is CCOc1ccc(NC(=O)CN2CCC(N3CCNCC3)C2)cc1. The van der Waals surface area contributed by atoms with Gasteiger partial charge in [-0.1, -0.05) is 0 Å². The van der Waals surface area contributed by atoms with Crippen molar-refractivity contribution in [2.24, 2.45) is 0 Å². The van der Waals surface area contributed by atoms with E-state index in [4.69, 9.17) is 4.74 Å². The number of likely N-dealkylation sites (tertiary alicyclic amines) is 1. The molecule has 1 unspecified atom stereocenters. The molecule has 2 saturated heterocycles. The van der Waals surface area contributed by atoms with Gasteiger partial charge in [-0.2, -0.15) is 0 Å². The molecule has 1 amide bonds. The molecule has 6 nitrogen and oxygen atoms in total. The maximum absolute atomic E-state index is 12.3. The summed E-state index contributed by atoms with van der Waals surface area (Å²) >= 11 is 0. The van der Waals surface area contributed by atoms with Gasteiger partial charge in [0.1, 0.15) is 5.75 Å². The molecule has 0 spiro atoms. The Hall–Kier alpha value is -1.63. The Morgan fingerprint density at radius 1 is 1.25 bits per heavy atom. The van der Waals surface area contributed by atoms with Crippen LogP contribution in [0.25, 0.3) is 0 Å². The number of carbonyl (C=O) groups excluding carboxylic acids is 1. The number of benzene rings is 1. The summed E-state index contributed by atoms with van der Waals surface area (Å²) in [5.74, 6) is 0.883. The summed E-state index contributed by atoms with van der Waals surface area (Å²) in [6, 6.07) is 8.14. The average molecular weight is 332 g/mol. The van der Waals surface area contributed by atoms with E-state index in [9.17, 15) is 4.79 Å². The minimum atomic E-state index is 0.0557. The lowest BCUT2D eigenvalue weighted by molar-refractivity contribution is -0.117. The molecule has 2 aliphatic rings. The van der Waals surface area contributed by atoms with Crippen molar-refractivity contribution in [1.29, 1.82) is 0 Å². The van der Waals surface area contributed by atoms with Crippen LogP contribution in [0.2, 0.25) is 0 Å². The van der Waals surface area contributed by atoms with Gasteiger partial charge in [-0.05, 0) is 37.6 Å². The molecule has 0 bridgehead atoms. The normalized spacial score (nSPS) is 22.5. The Balaban J connectivity index is 1.43. The molecule has 2 aliphatic heterocycles. The van der Waals surface area contributed by atoms with E-state index in [-0.39, 0.29) is 5.91 Å². The Labute approximate surface area is 144 Å². The van der Waals surface area contributed by atoms with E-state index in [1.165, 1.54) is 0 Å². The highest BCUT2D eigenvalue weighted by Crippen LogP contribution is 2.17. The van der Waals surface area contributed by atoms with Crippen LogP contribution in [0.1, 0.15) is 13.3 Å². The number of carbonyl (C=O) groups is 1. The van der Waals surface area contributed by atoms with Crippen molar-refractivity contribution in [2.75, 3.05) is 57.7 Å². The third-order valence-electron chi connectivity index (χ3n) is 4.73. The van der Waals surface area contributed by atoms with Gasteiger partial charge in [0.05, 0.1) is 13.2 Å².